The van der Waals surface area contributed by atoms with Gasteiger partial charge in [0.15, 0.2) is 5.82 Å². The van der Waals surface area contributed by atoms with Gasteiger partial charge in [-0.05, 0) is 38.5 Å². The van der Waals surface area contributed by atoms with Crippen molar-refractivity contribution in [2.45, 2.75) is 26.2 Å². The summed E-state index contributed by atoms with van der Waals surface area (Å²) >= 11 is 0. The number of aromatic nitrogens is 3. The van der Waals surface area contributed by atoms with Crippen molar-refractivity contribution in [1.82, 2.24) is 15.1 Å². The van der Waals surface area contributed by atoms with E-state index < -0.39 is 0 Å². The van der Waals surface area contributed by atoms with Crippen LogP contribution >= 0.6 is 0 Å². The number of ether oxygens (including phenoxy) is 1. The molecule has 0 saturated carbocycles. The Hall–Kier alpha value is -2.27. The van der Waals surface area contributed by atoms with E-state index in [0.29, 0.717) is 12.5 Å². The molecule has 2 aromatic heterocycles. The van der Waals surface area contributed by atoms with Gasteiger partial charge in [0.1, 0.15) is 0 Å². The van der Waals surface area contributed by atoms with Gasteiger partial charge in [-0.1, -0.05) is 16.8 Å². The second-order valence-electron chi connectivity index (χ2n) is 5.85. The summed E-state index contributed by atoms with van der Waals surface area (Å²) in [5.74, 6) is 1.54. The normalized spacial score (nSPS) is 18.2. The minimum absolute atomic E-state index is 0.244. The second-order valence-corrected chi connectivity index (χ2v) is 5.85. The molecule has 3 aromatic rings. The fourth-order valence-electron chi connectivity index (χ4n) is 2.90. The molecule has 0 bridgehead atoms. The Kier molecular flexibility index (Phi) is 3.15. The molecule has 0 N–H and O–H groups in total. The predicted molar refractivity (Wildman–Crippen MR) is 82.7 cm³/mol. The molecule has 22 heavy (non-hydrogen) atoms. The van der Waals surface area contributed by atoms with Crippen LogP contribution in [0.2, 0.25) is 0 Å². The minimum Gasteiger partial charge on any atom is -0.381 e. The van der Waals surface area contributed by atoms with Crippen molar-refractivity contribution in [3.63, 3.8) is 0 Å². The van der Waals surface area contributed by atoms with E-state index in [1.54, 1.807) is 0 Å². The molecular weight excluding hydrogens is 278 g/mol. The fourth-order valence-corrected chi connectivity index (χ4v) is 2.90. The van der Waals surface area contributed by atoms with Crippen LogP contribution in [-0.4, -0.2) is 28.3 Å². The van der Waals surface area contributed by atoms with Crippen LogP contribution in [0.1, 0.15) is 29.4 Å². The molecule has 1 saturated heterocycles. The lowest BCUT2D eigenvalue weighted by Crippen LogP contribution is -1.99. The first kappa shape index (κ1) is 13.4. The van der Waals surface area contributed by atoms with Crippen LogP contribution in [0.25, 0.3) is 22.4 Å². The minimum atomic E-state index is 0.244. The van der Waals surface area contributed by atoms with Crippen molar-refractivity contribution in [2.75, 3.05) is 13.2 Å². The topological polar surface area (TPSA) is 61.0 Å². The zero-order valence-corrected chi connectivity index (χ0v) is 12.7. The van der Waals surface area contributed by atoms with Crippen LogP contribution in [0.3, 0.4) is 0 Å². The molecule has 1 aliphatic rings. The quantitative estimate of drug-likeness (QED) is 0.725. The molecule has 1 fully saturated rings. The number of hydrogen-bond acceptors (Lipinski definition) is 5. The monoisotopic (exact) mass is 295 g/mol. The summed E-state index contributed by atoms with van der Waals surface area (Å²) < 4.78 is 10.9. The maximum atomic E-state index is 5.52. The van der Waals surface area contributed by atoms with Crippen molar-refractivity contribution in [1.29, 1.82) is 0 Å². The first-order valence-corrected chi connectivity index (χ1v) is 7.50. The number of nitrogens with zero attached hydrogens (tertiary/aromatic N) is 3. The van der Waals surface area contributed by atoms with Crippen LogP contribution < -0.4 is 0 Å². The highest BCUT2D eigenvalue weighted by Gasteiger charge is 2.24. The van der Waals surface area contributed by atoms with E-state index in [1.165, 1.54) is 5.56 Å². The molecule has 5 nitrogen and oxygen atoms in total. The third-order valence-electron chi connectivity index (χ3n) is 4.06. The van der Waals surface area contributed by atoms with Crippen molar-refractivity contribution < 1.29 is 9.26 Å². The zero-order valence-electron chi connectivity index (χ0n) is 12.7. The Bertz CT molecular complexity index is 835. The average molecular weight is 295 g/mol. The average Bonchev–Trinajstić information content (AvgIpc) is 3.17. The number of rotatable bonds is 2. The van der Waals surface area contributed by atoms with Crippen LogP contribution in [-0.2, 0) is 4.74 Å². The molecule has 0 aliphatic carbocycles. The standard InChI is InChI=1S/C17H17N3O2/c1-10-3-4-15-13(7-10)14(8-11(2)18-15)17-19-16(20-22-17)12-5-6-21-9-12/h3-4,7-8,12H,5-6,9H2,1-2H3/t12-/m1/s1. The van der Waals surface area contributed by atoms with Crippen molar-refractivity contribution >= 4 is 10.9 Å². The van der Waals surface area contributed by atoms with Crippen LogP contribution in [0.5, 0.6) is 0 Å². The van der Waals surface area contributed by atoms with Gasteiger partial charge in [0.25, 0.3) is 5.89 Å². The lowest BCUT2D eigenvalue weighted by molar-refractivity contribution is 0.192. The lowest BCUT2D eigenvalue weighted by Gasteiger charge is -2.05. The number of pyridine rings is 1. The van der Waals surface area contributed by atoms with Gasteiger partial charge < -0.3 is 9.26 Å². The summed E-state index contributed by atoms with van der Waals surface area (Å²) in [6.07, 6.45) is 0.953. The highest BCUT2D eigenvalue weighted by molar-refractivity contribution is 5.92. The first-order chi connectivity index (χ1) is 10.7. The Morgan fingerprint density at radius 3 is 2.86 bits per heavy atom. The van der Waals surface area contributed by atoms with Gasteiger partial charge in [0, 0.05) is 23.6 Å². The van der Waals surface area contributed by atoms with Gasteiger partial charge in [-0.2, -0.15) is 4.98 Å². The van der Waals surface area contributed by atoms with Crippen molar-refractivity contribution in [3.8, 4) is 11.5 Å². The predicted octanol–water partition coefficient (Wildman–Crippen LogP) is 3.41. The van der Waals surface area contributed by atoms with E-state index >= 15 is 0 Å². The van der Waals surface area contributed by atoms with E-state index in [9.17, 15) is 0 Å². The van der Waals surface area contributed by atoms with Crippen LogP contribution in [0.4, 0.5) is 0 Å². The number of benzene rings is 1. The number of aryl methyl sites for hydroxylation is 2. The summed E-state index contributed by atoms with van der Waals surface area (Å²) in [7, 11) is 0. The largest absolute Gasteiger partial charge is 0.381 e. The number of fused-ring (bicyclic) bond motifs is 1. The van der Waals surface area contributed by atoms with E-state index in [2.05, 4.69) is 34.2 Å². The van der Waals surface area contributed by atoms with E-state index in [4.69, 9.17) is 9.26 Å². The molecule has 112 valence electrons. The molecule has 0 spiro atoms. The smallest absolute Gasteiger partial charge is 0.258 e. The Morgan fingerprint density at radius 1 is 1.14 bits per heavy atom. The third-order valence-corrected chi connectivity index (χ3v) is 4.06. The maximum Gasteiger partial charge on any atom is 0.258 e. The van der Waals surface area contributed by atoms with E-state index in [0.717, 1.165) is 41.0 Å². The Balaban J connectivity index is 1.84. The molecule has 1 aromatic carbocycles. The summed E-state index contributed by atoms with van der Waals surface area (Å²) in [5, 5.41) is 5.19. The molecule has 0 unspecified atom stereocenters. The molecule has 0 amide bonds. The van der Waals surface area contributed by atoms with E-state index in [1.807, 2.05) is 19.1 Å². The summed E-state index contributed by atoms with van der Waals surface area (Å²) in [6.45, 7) is 5.49. The van der Waals surface area contributed by atoms with Gasteiger partial charge in [-0.3, -0.25) is 4.98 Å². The van der Waals surface area contributed by atoms with Crippen molar-refractivity contribution in [2.24, 2.45) is 0 Å². The van der Waals surface area contributed by atoms with Gasteiger partial charge in [-0.25, -0.2) is 0 Å². The summed E-state index contributed by atoms with van der Waals surface area (Å²) in [5.41, 5.74) is 4.02. The molecule has 5 heteroatoms. The Labute approximate surface area is 128 Å². The molecule has 1 atom stereocenters. The Morgan fingerprint density at radius 2 is 2.05 bits per heavy atom. The molecule has 4 rings (SSSR count). The molecule has 1 aliphatic heterocycles. The van der Waals surface area contributed by atoms with Gasteiger partial charge >= 0.3 is 0 Å². The molecule has 0 radical (unpaired) electrons. The maximum absolute atomic E-state index is 5.52. The summed E-state index contributed by atoms with van der Waals surface area (Å²) in [6, 6.07) is 8.21. The fraction of sp³-hybridized carbons (Fsp3) is 0.353. The van der Waals surface area contributed by atoms with Gasteiger partial charge in [0.2, 0.25) is 0 Å². The summed E-state index contributed by atoms with van der Waals surface area (Å²) in [4.78, 5) is 9.18. The van der Waals surface area contributed by atoms with Gasteiger partial charge in [0.05, 0.1) is 17.7 Å². The highest BCUT2D eigenvalue weighted by Crippen LogP contribution is 2.30. The van der Waals surface area contributed by atoms with Crippen LogP contribution in [0.15, 0.2) is 28.8 Å². The first-order valence-electron chi connectivity index (χ1n) is 7.50. The SMILES string of the molecule is Cc1ccc2nc(C)cc(-c3nc([C@@H]4CCOC4)no3)c2c1. The van der Waals surface area contributed by atoms with Gasteiger partial charge in [-0.15, -0.1) is 0 Å². The highest BCUT2D eigenvalue weighted by atomic mass is 16.5. The number of hydrogen-bond donors (Lipinski definition) is 0. The van der Waals surface area contributed by atoms with Crippen LogP contribution in [0, 0.1) is 13.8 Å². The molecule has 3 heterocycles. The zero-order chi connectivity index (χ0) is 15.1. The second kappa shape index (κ2) is 5.18. The molecular formula is C17H17N3O2. The third kappa shape index (κ3) is 2.27. The lowest BCUT2D eigenvalue weighted by atomic mass is 10.1. The van der Waals surface area contributed by atoms with E-state index in [-0.39, 0.29) is 5.92 Å². The van der Waals surface area contributed by atoms with Crippen molar-refractivity contribution in [3.05, 3.63) is 41.3 Å².